The highest BCUT2D eigenvalue weighted by molar-refractivity contribution is 5.28. The third-order valence-corrected chi connectivity index (χ3v) is 3.42. The molecule has 2 rings (SSSR count). The van der Waals surface area contributed by atoms with Crippen molar-refractivity contribution in [3.63, 3.8) is 0 Å². The fourth-order valence-corrected chi connectivity index (χ4v) is 2.36. The molecule has 2 aromatic rings. The van der Waals surface area contributed by atoms with Crippen molar-refractivity contribution in [1.82, 2.24) is 4.98 Å². The highest BCUT2D eigenvalue weighted by atomic mass is 14.7. The normalized spacial score (nSPS) is 12.4. The number of rotatable bonds is 4. The number of aromatic nitrogens is 1. The summed E-state index contributed by atoms with van der Waals surface area (Å²) in [5.74, 6) is 0. The Kier molecular flexibility index (Phi) is 4.33. The minimum Gasteiger partial charge on any atom is -0.324 e. The minimum absolute atomic E-state index is 0.0351. The first-order valence-electron chi connectivity index (χ1n) is 6.87. The van der Waals surface area contributed by atoms with Gasteiger partial charge in [-0.1, -0.05) is 31.2 Å². The van der Waals surface area contributed by atoms with Gasteiger partial charge < -0.3 is 5.73 Å². The van der Waals surface area contributed by atoms with Gasteiger partial charge in [0.15, 0.2) is 0 Å². The summed E-state index contributed by atoms with van der Waals surface area (Å²) in [4.78, 5) is 4.39. The maximum absolute atomic E-state index is 6.31. The van der Waals surface area contributed by atoms with Gasteiger partial charge in [-0.25, -0.2) is 0 Å². The molecule has 19 heavy (non-hydrogen) atoms. The van der Waals surface area contributed by atoms with E-state index in [1.54, 1.807) is 0 Å². The maximum atomic E-state index is 6.31. The Balaban J connectivity index is 2.13. The van der Waals surface area contributed by atoms with E-state index in [1.807, 2.05) is 13.8 Å². The molecule has 1 atom stereocenters. The van der Waals surface area contributed by atoms with E-state index < -0.39 is 0 Å². The number of benzene rings is 1. The summed E-state index contributed by atoms with van der Waals surface area (Å²) in [6.45, 7) is 6.20. The maximum Gasteiger partial charge on any atom is 0.0379 e. The highest BCUT2D eigenvalue weighted by Crippen LogP contribution is 2.18. The van der Waals surface area contributed by atoms with Gasteiger partial charge in [0.1, 0.15) is 0 Å². The molecule has 0 aliphatic carbocycles. The van der Waals surface area contributed by atoms with Crippen LogP contribution in [0.5, 0.6) is 0 Å². The lowest BCUT2D eigenvalue weighted by Gasteiger charge is -2.14. The number of hydrogen-bond donors (Lipinski definition) is 1. The zero-order valence-corrected chi connectivity index (χ0v) is 12.0. The molecule has 0 bridgehead atoms. The van der Waals surface area contributed by atoms with Gasteiger partial charge in [-0.3, -0.25) is 4.98 Å². The van der Waals surface area contributed by atoms with Crippen molar-refractivity contribution in [3.05, 3.63) is 64.5 Å². The second-order valence-corrected chi connectivity index (χ2v) is 5.16. The lowest BCUT2D eigenvalue weighted by atomic mass is 9.98. The van der Waals surface area contributed by atoms with Crippen LogP contribution in [0.1, 0.15) is 41.0 Å². The van der Waals surface area contributed by atoms with Crippen LogP contribution in [0.3, 0.4) is 0 Å². The van der Waals surface area contributed by atoms with Crippen LogP contribution in [0.25, 0.3) is 0 Å². The SMILES string of the molecule is CCc1ccc(CC(N)c2cc(C)nc(C)c2)cc1. The third kappa shape index (κ3) is 3.65. The van der Waals surface area contributed by atoms with Gasteiger partial charge in [-0.15, -0.1) is 0 Å². The van der Waals surface area contributed by atoms with Crippen molar-refractivity contribution in [3.8, 4) is 0 Å². The predicted octanol–water partition coefficient (Wildman–Crippen LogP) is 3.50. The molecule has 1 aromatic heterocycles. The van der Waals surface area contributed by atoms with Crippen LogP contribution in [0.2, 0.25) is 0 Å². The largest absolute Gasteiger partial charge is 0.324 e. The molecular formula is C17H22N2. The molecule has 100 valence electrons. The average molecular weight is 254 g/mol. The van der Waals surface area contributed by atoms with Crippen LogP contribution in [0.4, 0.5) is 0 Å². The lowest BCUT2D eigenvalue weighted by Crippen LogP contribution is -2.14. The fourth-order valence-electron chi connectivity index (χ4n) is 2.36. The first-order chi connectivity index (χ1) is 9.08. The summed E-state index contributed by atoms with van der Waals surface area (Å²) in [7, 11) is 0. The van der Waals surface area contributed by atoms with E-state index in [2.05, 4.69) is 48.3 Å². The molecule has 0 aliphatic rings. The molecule has 1 unspecified atom stereocenters. The smallest absolute Gasteiger partial charge is 0.0379 e. The number of nitrogens with zero attached hydrogens (tertiary/aromatic N) is 1. The van der Waals surface area contributed by atoms with Gasteiger partial charge in [0, 0.05) is 17.4 Å². The van der Waals surface area contributed by atoms with Gasteiger partial charge in [0.2, 0.25) is 0 Å². The molecule has 0 amide bonds. The summed E-state index contributed by atoms with van der Waals surface area (Å²) in [5.41, 5.74) is 12.2. The Morgan fingerprint density at radius 2 is 1.53 bits per heavy atom. The second kappa shape index (κ2) is 5.98. The van der Waals surface area contributed by atoms with Crippen LogP contribution in [-0.4, -0.2) is 4.98 Å². The number of pyridine rings is 1. The van der Waals surface area contributed by atoms with Crippen molar-refractivity contribution < 1.29 is 0 Å². The molecule has 0 spiro atoms. The van der Waals surface area contributed by atoms with Crippen molar-refractivity contribution in [1.29, 1.82) is 0 Å². The Hall–Kier alpha value is -1.67. The van der Waals surface area contributed by atoms with Crippen LogP contribution in [-0.2, 0) is 12.8 Å². The van der Waals surface area contributed by atoms with E-state index in [-0.39, 0.29) is 6.04 Å². The third-order valence-electron chi connectivity index (χ3n) is 3.42. The van der Waals surface area contributed by atoms with Gasteiger partial charge in [-0.05, 0) is 55.5 Å². The van der Waals surface area contributed by atoms with Crippen LogP contribution < -0.4 is 5.73 Å². The molecule has 2 nitrogen and oxygen atoms in total. The van der Waals surface area contributed by atoms with Crippen LogP contribution >= 0.6 is 0 Å². The van der Waals surface area contributed by atoms with Crippen LogP contribution in [0.15, 0.2) is 36.4 Å². The van der Waals surface area contributed by atoms with E-state index in [0.717, 1.165) is 24.2 Å². The quantitative estimate of drug-likeness (QED) is 0.907. The highest BCUT2D eigenvalue weighted by Gasteiger charge is 2.08. The van der Waals surface area contributed by atoms with Gasteiger partial charge in [0.05, 0.1) is 0 Å². The van der Waals surface area contributed by atoms with Crippen LogP contribution in [0, 0.1) is 13.8 Å². The van der Waals surface area contributed by atoms with Crippen molar-refractivity contribution in [2.75, 3.05) is 0 Å². The minimum atomic E-state index is 0.0351. The monoisotopic (exact) mass is 254 g/mol. The Labute approximate surface area is 115 Å². The molecule has 0 saturated heterocycles. The Morgan fingerprint density at radius 1 is 1.00 bits per heavy atom. The van der Waals surface area contributed by atoms with Crippen molar-refractivity contribution in [2.45, 2.75) is 39.7 Å². The van der Waals surface area contributed by atoms with Gasteiger partial charge >= 0.3 is 0 Å². The first kappa shape index (κ1) is 13.8. The molecule has 2 heteroatoms. The molecule has 0 aliphatic heterocycles. The lowest BCUT2D eigenvalue weighted by molar-refractivity contribution is 0.717. The average Bonchev–Trinajstić information content (AvgIpc) is 2.38. The summed E-state index contributed by atoms with van der Waals surface area (Å²) in [6.07, 6.45) is 1.95. The summed E-state index contributed by atoms with van der Waals surface area (Å²) < 4.78 is 0. The predicted molar refractivity (Wildman–Crippen MR) is 80.2 cm³/mol. The molecule has 0 fully saturated rings. The standard InChI is InChI=1S/C17H22N2/c1-4-14-5-7-15(8-6-14)11-17(18)16-9-12(2)19-13(3)10-16/h5-10,17H,4,11,18H2,1-3H3. The molecule has 0 saturated carbocycles. The summed E-state index contributed by atoms with van der Waals surface area (Å²) in [6, 6.07) is 12.9. The van der Waals surface area contributed by atoms with Crippen molar-refractivity contribution in [2.24, 2.45) is 5.73 Å². The molecule has 0 radical (unpaired) electrons. The Morgan fingerprint density at radius 3 is 2.05 bits per heavy atom. The molecule has 1 heterocycles. The Bertz CT molecular complexity index is 523. The van der Waals surface area contributed by atoms with Gasteiger partial charge in [-0.2, -0.15) is 0 Å². The first-order valence-corrected chi connectivity index (χ1v) is 6.87. The van der Waals surface area contributed by atoms with E-state index in [1.165, 1.54) is 16.7 Å². The number of hydrogen-bond acceptors (Lipinski definition) is 2. The van der Waals surface area contributed by atoms with E-state index in [9.17, 15) is 0 Å². The van der Waals surface area contributed by atoms with E-state index >= 15 is 0 Å². The zero-order chi connectivity index (χ0) is 13.8. The zero-order valence-electron chi connectivity index (χ0n) is 12.0. The summed E-state index contributed by atoms with van der Waals surface area (Å²) >= 11 is 0. The van der Waals surface area contributed by atoms with E-state index in [0.29, 0.717) is 0 Å². The topological polar surface area (TPSA) is 38.9 Å². The van der Waals surface area contributed by atoms with Crippen molar-refractivity contribution >= 4 is 0 Å². The van der Waals surface area contributed by atoms with Gasteiger partial charge in [0.25, 0.3) is 0 Å². The molecular weight excluding hydrogens is 232 g/mol. The number of nitrogens with two attached hydrogens (primary N) is 1. The molecule has 2 N–H and O–H groups in total. The second-order valence-electron chi connectivity index (χ2n) is 5.16. The molecule has 1 aromatic carbocycles. The number of aryl methyl sites for hydroxylation is 3. The summed E-state index contributed by atoms with van der Waals surface area (Å²) in [5, 5.41) is 0. The van der Waals surface area contributed by atoms with E-state index in [4.69, 9.17) is 5.73 Å². The fraction of sp³-hybridized carbons (Fsp3) is 0.353.